The third-order valence-electron chi connectivity index (χ3n) is 4.58. The third-order valence-corrected chi connectivity index (χ3v) is 4.58. The predicted octanol–water partition coefficient (Wildman–Crippen LogP) is 3.04. The molecule has 2 aromatic carbocycles. The minimum absolute atomic E-state index is 0.243. The van der Waals surface area contributed by atoms with Crippen LogP contribution in [0.15, 0.2) is 42.5 Å². The van der Waals surface area contributed by atoms with Crippen LogP contribution in [0.2, 0.25) is 0 Å². The molecule has 1 aliphatic rings. The zero-order valence-corrected chi connectivity index (χ0v) is 14.8. The zero-order chi connectivity index (χ0) is 18.5. The summed E-state index contributed by atoms with van der Waals surface area (Å²) in [7, 11) is 1.58. The lowest BCUT2D eigenvalue weighted by atomic mass is 10.1. The Hall–Kier alpha value is -3.02. The van der Waals surface area contributed by atoms with Crippen molar-refractivity contribution >= 4 is 23.2 Å². The van der Waals surface area contributed by atoms with Gasteiger partial charge in [-0.3, -0.25) is 9.59 Å². The number of piperidine rings is 1. The number of methoxy groups -OCH3 is 1. The molecule has 26 heavy (non-hydrogen) atoms. The first-order valence-electron chi connectivity index (χ1n) is 8.72. The number of nitrogens with one attached hydrogen (secondary N) is 1. The van der Waals surface area contributed by atoms with Crippen molar-refractivity contribution in [2.24, 2.45) is 5.73 Å². The van der Waals surface area contributed by atoms with E-state index in [1.807, 2.05) is 6.07 Å². The Morgan fingerprint density at radius 2 is 1.65 bits per heavy atom. The van der Waals surface area contributed by atoms with E-state index in [2.05, 4.69) is 10.2 Å². The molecule has 1 heterocycles. The molecule has 3 N–H and O–H groups in total. The van der Waals surface area contributed by atoms with E-state index < -0.39 is 5.91 Å². The summed E-state index contributed by atoms with van der Waals surface area (Å²) in [4.78, 5) is 26.4. The second-order valence-corrected chi connectivity index (χ2v) is 6.33. The Labute approximate surface area is 152 Å². The SMILES string of the molecule is COc1ccc(C(=O)Nc2cc(C(N)=O)ccc2N2CCCCC2)cc1. The van der Waals surface area contributed by atoms with Crippen LogP contribution in [0.5, 0.6) is 5.75 Å². The maximum atomic E-state index is 12.6. The molecule has 0 bridgehead atoms. The van der Waals surface area contributed by atoms with Crippen molar-refractivity contribution in [1.29, 1.82) is 0 Å². The lowest BCUT2D eigenvalue weighted by molar-refractivity contribution is 0.0996. The van der Waals surface area contributed by atoms with Crippen molar-refractivity contribution in [2.45, 2.75) is 19.3 Å². The summed E-state index contributed by atoms with van der Waals surface area (Å²) in [5.41, 5.74) is 7.81. The third kappa shape index (κ3) is 3.96. The van der Waals surface area contributed by atoms with E-state index >= 15 is 0 Å². The molecule has 0 radical (unpaired) electrons. The van der Waals surface area contributed by atoms with Gasteiger partial charge < -0.3 is 20.7 Å². The number of benzene rings is 2. The maximum Gasteiger partial charge on any atom is 0.255 e. The van der Waals surface area contributed by atoms with Gasteiger partial charge in [0.25, 0.3) is 5.91 Å². The number of carbonyl (C=O) groups excluding carboxylic acids is 2. The van der Waals surface area contributed by atoms with Crippen LogP contribution in [-0.4, -0.2) is 32.0 Å². The summed E-state index contributed by atoms with van der Waals surface area (Å²) in [6.45, 7) is 1.86. The number of primary amides is 1. The summed E-state index contributed by atoms with van der Waals surface area (Å²) in [5, 5.41) is 2.93. The van der Waals surface area contributed by atoms with Crippen LogP contribution in [0.3, 0.4) is 0 Å². The fraction of sp³-hybridized carbons (Fsp3) is 0.300. The highest BCUT2D eigenvalue weighted by molar-refractivity contribution is 6.07. The van der Waals surface area contributed by atoms with Gasteiger partial charge in [0, 0.05) is 24.2 Å². The first-order valence-corrected chi connectivity index (χ1v) is 8.72. The van der Waals surface area contributed by atoms with Gasteiger partial charge in [0.2, 0.25) is 5.91 Å². The van der Waals surface area contributed by atoms with Gasteiger partial charge >= 0.3 is 0 Å². The number of hydrogen-bond acceptors (Lipinski definition) is 4. The molecule has 0 spiro atoms. The molecule has 0 aromatic heterocycles. The standard InChI is InChI=1S/C20H23N3O3/c1-26-16-8-5-14(6-9-16)20(25)22-17-13-15(19(21)24)7-10-18(17)23-11-3-2-4-12-23/h5-10,13H,2-4,11-12H2,1H3,(H2,21,24)(H,22,25). The number of amides is 2. The van der Waals surface area contributed by atoms with Gasteiger partial charge in [-0.05, 0) is 61.7 Å². The monoisotopic (exact) mass is 353 g/mol. The average molecular weight is 353 g/mol. The van der Waals surface area contributed by atoms with Crippen LogP contribution in [0.1, 0.15) is 40.0 Å². The minimum Gasteiger partial charge on any atom is -0.497 e. The Morgan fingerprint density at radius 3 is 2.27 bits per heavy atom. The fourth-order valence-electron chi connectivity index (χ4n) is 3.14. The minimum atomic E-state index is -0.518. The number of anilines is 2. The lowest BCUT2D eigenvalue weighted by Gasteiger charge is -2.30. The molecule has 0 aliphatic carbocycles. The van der Waals surface area contributed by atoms with Crippen LogP contribution in [0.4, 0.5) is 11.4 Å². The van der Waals surface area contributed by atoms with Crippen LogP contribution in [0, 0.1) is 0 Å². The van der Waals surface area contributed by atoms with Crippen LogP contribution < -0.4 is 20.7 Å². The highest BCUT2D eigenvalue weighted by Gasteiger charge is 2.18. The smallest absolute Gasteiger partial charge is 0.255 e. The predicted molar refractivity (Wildman–Crippen MR) is 102 cm³/mol. The highest BCUT2D eigenvalue weighted by Crippen LogP contribution is 2.30. The van der Waals surface area contributed by atoms with Gasteiger partial charge in [-0.2, -0.15) is 0 Å². The van der Waals surface area contributed by atoms with Gasteiger partial charge in [0.15, 0.2) is 0 Å². The molecule has 1 aliphatic heterocycles. The van der Waals surface area contributed by atoms with E-state index in [0.717, 1.165) is 31.6 Å². The molecule has 6 heteroatoms. The van der Waals surface area contributed by atoms with E-state index in [9.17, 15) is 9.59 Å². The number of carbonyl (C=O) groups is 2. The summed E-state index contributed by atoms with van der Waals surface area (Å²) in [5.74, 6) is -0.0750. The molecule has 136 valence electrons. The molecule has 1 fully saturated rings. The Kier molecular flexibility index (Phi) is 5.41. The van der Waals surface area contributed by atoms with E-state index in [1.54, 1.807) is 43.5 Å². The molecule has 0 atom stereocenters. The van der Waals surface area contributed by atoms with Crippen molar-refractivity contribution in [3.8, 4) is 5.75 Å². The van der Waals surface area contributed by atoms with Gasteiger partial charge in [-0.1, -0.05) is 0 Å². The summed E-state index contributed by atoms with van der Waals surface area (Å²) >= 11 is 0. The average Bonchev–Trinajstić information content (AvgIpc) is 2.68. The molecule has 0 saturated carbocycles. The van der Waals surface area contributed by atoms with Gasteiger partial charge in [0.05, 0.1) is 18.5 Å². The summed E-state index contributed by atoms with van der Waals surface area (Å²) < 4.78 is 5.12. The molecule has 2 amide bonds. The van der Waals surface area contributed by atoms with Crippen molar-refractivity contribution in [1.82, 2.24) is 0 Å². The van der Waals surface area contributed by atoms with Crippen molar-refractivity contribution < 1.29 is 14.3 Å². The number of ether oxygens (including phenoxy) is 1. The summed E-state index contributed by atoms with van der Waals surface area (Å²) in [6.07, 6.45) is 3.44. The molecule has 6 nitrogen and oxygen atoms in total. The van der Waals surface area contributed by atoms with Crippen molar-refractivity contribution in [3.63, 3.8) is 0 Å². The van der Waals surface area contributed by atoms with E-state index in [0.29, 0.717) is 22.6 Å². The second kappa shape index (κ2) is 7.91. The first-order chi connectivity index (χ1) is 12.6. The molecule has 3 rings (SSSR count). The second-order valence-electron chi connectivity index (χ2n) is 6.33. The number of hydrogen-bond donors (Lipinski definition) is 2. The molecule has 0 unspecified atom stereocenters. The molecule has 2 aromatic rings. The Balaban J connectivity index is 1.88. The van der Waals surface area contributed by atoms with Gasteiger partial charge in [0.1, 0.15) is 5.75 Å². The van der Waals surface area contributed by atoms with E-state index in [1.165, 1.54) is 6.42 Å². The molecular formula is C20H23N3O3. The van der Waals surface area contributed by atoms with Crippen molar-refractivity contribution in [3.05, 3.63) is 53.6 Å². The molecule has 1 saturated heterocycles. The fourth-order valence-corrected chi connectivity index (χ4v) is 3.14. The number of rotatable bonds is 5. The largest absolute Gasteiger partial charge is 0.497 e. The van der Waals surface area contributed by atoms with E-state index in [4.69, 9.17) is 10.5 Å². The van der Waals surface area contributed by atoms with E-state index in [-0.39, 0.29) is 5.91 Å². The lowest BCUT2D eigenvalue weighted by Crippen LogP contribution is -2.30. The van der Waals surface area contributed by atoms with Crippen LogP contribution in [0.25, 0.3) is 0 Å². The first kappa shape index (κ1) is 17.8. The van der Waals surface area contributed by atoms with Gasteiger partial charge in [-0.15, -0.1) is 0 Å². The quantitative estimate of drug-likeness (QED) is 0.865. The molecular weight excluding hydrogens is 330 g/mol. The maximum absolute atomic E-state index is 12.6. The Bertz CT molecular complexity index is 796. The van der Waals surface area contributed by atoms with Crippen molar-refractivity contribution in [2.75, 3.05) is 30.4 Å². The Morgan fingerprint density at radius 1 is 1.00 bits per heavy atom. The van der Waals surface area contributed by atoms with Crippen LogP contribution >= 0.6 is 0 Å². The van der Waals surface area contributed by atoms with Crippen LogP contribution in [-0.2, 0) is 0 Å². The number of nitrogens with two attached hydrogens (primary N) is 1. The van der Waals surface area contributed by atoms with Gasteiger partial charge in [-0.25, -0.2) is 0 Å². The topological polar surface area (TPSA) is 84.7 Å². The zero-order valence-electron chi connectivity index (χ0n) is 14.8. The summed E-state index contributed by atoms with van der Waals surface area (Å²) in [6, 6.07) is 12.1. The highest BCUT2D eigenvalue weighted by atomic mass is 16.5. The number of nitrogens with zero attached hydrogens (tertiary/aromatic N) is 1. The normalized spacial score (nSPS) is 14.0.